The Balaban J connectivity index is 0.000000314. The molecular weight excluding hydrogens is 630 g/mol. The van der Waals surface area contributed by atoms with Gasteiger partial charge in [-0.2, -0.15) is 0 Å². The van der Waals surface area contributed by atoms with Crippen LogP contribution in [-0.4, -0.2) is 140 Å². The van der Waals surface area contributed by atoms with Crippen LogP contribution in [-0.2, 0) is 0 Å². The Morgan fingerprint density at radius 1 is 0.540 bits per heavy atom. The van der Waals surface area contributed by atoms with E-state index in [0.29, 0.717) is 22.4 Å². The minimum atomic E-state index is -2.42. The standard InChI is InChI=1S/C10H21NO.C9H19N.C8H14N2.C7H13F2N.C7H15N/c1-9(2,3)11-6-8(7-11)10(4,5)12;1-8(2,3)10-6-9(4,5)7-10;1-8(2,3)10-5-7(6-10)9-4;1-6(2,3)10-4-7(8,9)5-10;1-7(2,3)8-5-4-6-8/h8,12H,6-7H2,1-5H3;6-7H2,1-5H3;7H,5-6H2,1-3H3;4-5H2,1-3H3;4-6H2,1-3H3. The Kier molecular flexibility index (Phi) is 15.7. The summed E-state index contributed by atoms with van der Waals surface area (Å²) in [6, 6.07) is 0.277. The van der Waals surface area contributed by atoms with Crippen molar-refractivity contribution in [3.8, 4) is 0 Å². The molecule has 296 valence electrons. The van der Waals surface area contributed by atoms with Gasteiger partial charge in [-0.15, -0.1) is 0 Å². The molecular formula is C41H82F2N6O. The van der Waals surface area contributed by atoms with E-state index in [9.17, 15) is 13.9 Å². The van der Waals surface area contributed by atoms with E-state index < -0.39 is 11.5 Å². The monoisotopic (exact) mass is 713 g/mol. The van der Waals surface area contributed by atoms with Crippen LogP contribution in [0.2, 0.25) is 0 Å². The maximum atomic E-state index is 12.3. The van der Waals surface area contributed by atoms with Gasteiger partial charge < -0.3 is 9.95 Å². The Hall–Kier alpha value is -0.890. The molecule has 1 N–H and O–H groups in total. The van der Waals surface area contributed by atoms with Crippen LogP contribution in [0.5, 0.6) is 0 Å². The van der Waals surface area contributed by atoms with Crippen LogP contribution in [0.1, 0.15) is 138 Å². The number of aliphatic hydroxyl groups is 1. The molecule has 0 aromatic rings. The third-order valence-corrected chi connectivity index (χ3v) is 10.6. The molecule has 5 rings (SSSR count). The van der Waals surface area contributed by atoms with Gasteiger partial charge in [-0.1, -0.05) is 13.8 Å². The van der Waals surface area contributed by atoms with Crippen molar-refractivity contribution in [1.82, 2.24) is 24.5 Å². The fourth-order valence-corrected chi connectivity index (χ4v) is 5.99. The first kappa shape index (κ1) is 47.1. The van der Waals surface area contributed by atoms with Gasteiger partial charge in [0, 0.05) is 59.8 Å². The summed E-state index contributed by atoms with van der Waals surface area (Å²) in [5.41, 5.74) is 1.33. The summed E-state index contributed by atoms with van der Waals surface area (Å²) in [5, 5.41) is 9.69. The fourth-order valence-electron chi connectivity index (χ4n) is 5.99. The van der Waals surface area contributed by atoms with Crippen LogP contribution < -0.4 is 0 Å². The van der Waals surface area contributed by atoms with Gasteiger partial charge >= 0.3 is 0 Å². The molecule has 7 nitrogen and oxygen atoms in total. The summed E-state index contributed by atoms with van der Waals surface area (Å²) < 4.78 is 24.6. The van der Waals surface area contributed by atoms with Gasteiger partial charge in [0.1, 0.15) is 0 Å². The molecule has 0 aliphatic carbocycles. The molecule has 0 atom stereocenters. The van der Waals surface area contributed by atoms with E-state index in [2.05, 4.69) is 121 Å². The van der Waals surface area contributed by atoms with Crippen LogP contribution >= 0.6 is 0 Å². The van der Waals surface area contributed by atoms with Crippen molar-refractivity contribution in [3.63, 3.8) is 0 Å². The molecule has 0 radical (unpaired) electrons. The SMILES string of the molecule is CC(C)(C)N1CC(F)(F)C1.CC(C)(C)N1CCC1.CC(C)(O)C1CN(C(C)(C)C)C1.CC1(C)CN(C(C)(C)C)C1.[C-]#[N+]C1CN(C(C)(C)C)C1. The number of likely N-dealkylation sites (tertiary alicyclic amines) is 5. The number of rotatable bonds is 1. The predicted molar refractivity (Wildman–Crippen MR) is 210 cm³/mol. The molecule has 0 saturated carbocycles. The Bertz CT molecular complexity index is 992. The van der Waals surface area contributed by atoms with Crippen molar-refractivity contribution < 1.29 is 13.9 Å². The van der Waals surface area contributed by atoms with Gasteiger partial charge in [0.2, 0.25) is 6.04 Å². The second-order valence-electron chi connectivity index (χ2n) is 21.9. The van der Waals surface area contributed by atoms with E-state index in [1.807, 2.05) is 34.6 Å². The van der Waals surface area contributed by atoms with Gasteiger partial charge in [-0.25, -0.2) is 15.4 Å². The number of alkyl halides is 2. The van der Waals surface area contributed by atoms with Crippen molar-refractivity contribution in [2.75, 3.05) is 65.4 Å². The van der Waals surface area contributed by atoms with Crippen LogP contribution in [0.4, 0.5) is 8.78 Å². The van der Waals surface area contributed by atoms with Gasteiger partial charge in [0.25, 0.3) is 5.92 Å². The van der Waals surface area contributed by atoms with Crippen LogP contribution in [0.3, 0.4) is 0 Å². The molecule has 5 heterocycles. The number of halogens is 2. The Labute approximate surface area is 309 Å². The lowest BCUT2D eigenvalue weighted by molar-refractivity contribution is -0.160. The summed E-state index contributed by atoms with van der Waals surface area (Å²) in [5.74, 6) is -1.97. The molecule has 0 amide bonds. The van der Waals surface area contributed by atoms with Crippen molar-refractivity contribution in [2.45, 2.75) is 183 Å². The van der Waals surface area contributed by atoms with Gasteiger partial charge in [0.15, 0.2) is 0 Å². The molecule has 9 heteroatoms. The summed E-state index contributed by atoms with van der Waals surface area (Å²) in [4.78, 5) is 15.0. The first-order chi connectivity index (χ1) is 22.0. The third kappa shape index (κ3) is 16.0. The Morgan fingerprint density at radius 3 is 1.02 bits per heavy atom. The van der Waals surface area contributed by atoms with Crippen molar-refractivity contribution >= 4 is 0 Å². The van der Waals surface area contributed by atoms with E-state index in [4.69, 9.17) is 6.57 Å². The van der Waals surface area contributed by atoms with Gasteiger partial charge in [0.05, 0.1) is 31.8 Å². The zero-order chi connectivity index (χ0) is 39.5. The molecule has 0 spiro atoms. The van der Waals surface area contributed by atoms with Crippen molar-refractivity contribution in [2.24, 2.45) is 11.3 Å². The van der Waals surface area contributed by atoms with E-state index in [1.54, 1.807) is 4.90 Å². The summed E-state index contributed by atoms with van der Waals surface area (Å²) in [7, 11) is 0. The quantitative estimate of drug-likeness (QED) is 0.277. The van der Waals surface area contributed by atoms with E-state index in [1.165, 1.54) is 32.6 Å². The average Bonchev–Trinajstić information content (AvgIpc) is 2.69. The highest BCUT2D eigenvalue weighted by atomic mass is 19.3. The van der Waals surface area contributed by atoms with Crippen LogP contribution in [0.25, 0.3) is 4.85 Å². The van der Waals surface area contributed by atoms with E-state index >= 15 is 0 Å². The van der Waals surface area contributed by atoms with Crippen molar-refractivity contribution in [3.05, 3.63) is 11.4 Å². The first-order valence-electron chi connectivity index (χ1n) is 19.2. The normalized spacial score (nSPS) is 23.9. The third-order valence-electron chi connectivity index (χ3n) is 10.6. The lowest BCUT2D eigenvalue weighted by atomic mass is 9.81. The smallest absolute Gasteiger partial charge is 0.272 e. The largest absolute Gasteiger partial charge is 0.390 e. The highest BCUT2D eigenvalue weighted by Crippen LogP contribution is 2.35. The number of hydrogen-bond acceptors (Lipinski definition) is 6. The molecule has 5 fully saturated rings. The molecule has 0 bridgehead atoms. The Morgan fingerprint density at radius 2 is 0.860 bits per heavy atom. The molecule has 5 aliphatic rings. The lowest BCUT2D eigenvalue weighted by Gasteiger charge is -2.52. The highest BCUT2D eigenvalue weighted by Gasteiger charge is 2.48. The predicted octanol–water partition coefficient (Wildman–Crippen LogP) is 8.23. The van der Waals surface area contributed by atoms with Crippen LogP contribution in [0.15, 0.2) is 0 Å². The number of nitrogens with zero attached hydrogens (tertiary/aromatic N) is 6. The maximum Gasteiger partial charge on any atom is 0.272 e. The summed E-state index contributed by atoms with van der Waals surface area (Å²) in [6.45, 7) is 56.9. The van der Waals surface area contributed by atoms with E-state index in [-0.39, 0.29) is 35.7 Å². The van der Waals surface area contributed by atoms with Crippen LogP contribution in [0, 0.1) is 17.9 Å². The molecule has 0 unspecified atom stereocenters. The van der Waals surface area contributed by atoms with Gasteiger partial charge in [-0.3, -0.25) is 24.5 Å². The first-order valence-corrected chi connectivity index (χ1v) is 19.2. The minimum absolute atomic E-state index is 0.0729. The minimum Gasteiger partial charge on any atom is -0.390 e. The lowest BCUT2D eigenvalue weighted by Crippen LogP contribution is -2.62. The zero-order valence-electron chi connectivity index (χ0n) is 36.3. The van der Waals surface area contributed by atoms with Crippen molar-refractivity contribution in [1.29, 1.82) is 0 Å². The molecule has 0 aromatic carbocycles. The zero-order valence-corrected chi connectivity index (χ0v) is 36.3. The molecule has 5 aliphatic heterocycles. The average molecular weight is 713 g/mol. The molecule has 50 heavy (non-hydrogen) atoms. The molecule has 5 saturated heterocycles. The topological polar surface area (TPSA) is 40.8 Å². The number of hydrogen-bond donors (Lipinski definition) is 1. The summed E-state index contributed by atoms with van der Waals surface area (Å²) in [6.07, 6.45) is 1.40. The molecule has 0 aromatic heterocycles. The van der Waals surface area contributed by atoms with Gasteiger partial charge in [-0.05, 0) is 143 Å². The maximum absolute atomic E-state index is 12.3. The highest BCUT2D eigenvalue weighted by molar-refractivity contribution is 4.99. The fraction of sp³-hybridized carbons (Fsp3) is 0.976. The van der Waals surface area contributed by atoms with E-state index in [0.717, 1.165) is 26.2 Å². The second-order valence-corrected chi connectivity index (χ2v) is 21.9. The second kappa shape index (κ2) is 16.6. The summed E-state index contributed by atoms with van der Waals surface area (Å²) >= 11 is 0.